The van der Waals surface area contributed by atoms with Gasteiger partial charge in [0.2, 0.25) is 0 Å². The van der Waals surface area contributed by atoms with Crippen LogP contribution in [0.2, 0.25) is 0 Å². The van der Waals surface area contributed by atoms with Crippen molar-refractivity contribution in [3.63, 3.8) is 0 Å². The molecule has 0 saturated heterocycles. The molecule has 55 heavy (non-hydrogen) atoms. The lowest BCUT2D eigenvalue weighted by Crippen LogP contribution is -2.46. The number of anilines is 2. The first-order valence-electron chi connectivity index (χ1n) is 17.2. The average molecular weight is 771 g/mol. The summed E-state index contributed by atoms with van der Waals surface area (Å²) in [5.74, 6) is -3.35. The van der Waals surface area contributed by atoms with Crippen LogP contribution in [0.3, 0.4) is 0 Å². The highest BCUT2D eigenvalue weighted by atomic mass is 19.3. The Labute approximate surface area is 312 Å². The Bertz CT molecular complexity index is 1970. The van der Waals surface area contributed by atoms with Gasteiger partial charge in [-0.25, -0.2) is 8.78 Å². The number of hydrogen-bond acceptors (Lipinski definition) is 8. The smallest absolute Gasteiger partial charge is 0.387 e. The molecule has 2 aliphatic rings. The molecule has 0 unspecified atom stereocenters. The highest BCUT2D eigenvalue weighted by Crippen LogP contribution is 2.37. The van der Waals surface area contributed by atoms with Crippen LogP contribution in [-0.4, -0.2) is 74.3 Å². The molecule has 0 saturated carbocycles. The molecular formula is C39H36F6N4O6. The van der Waals surface area contributed by atoms with Crippen molar-refractivity contribution < 1.29 is 54.9 Å². The molecule has 0 aliphatic carbocycles. The van der Waals surface area contributed by atoms with Gasteiger partial charge in [-0.2, -0.15) is 17.6 Å². The van der Waals surface area contributed by atoms with Crippen molar-refractivity contribution in [3.8, 4) is 33.8 Å². The second kappa shape index (κ2) is 16.2. The van der Waals surface area contributed by atoms with E-state index in [2.05, 4.69) is 20.1 Å². The Hall–Kier alpha value is -5.93. The number of fused-ring (bicyclic) bond motifs is 2. The van der Waals surface area contributed by atoms with Crippen LogP contribution < -0.4 is 20.1 Å². The number of alkyl halides is 4. The van der Waals surface area contributed by atoms with Gasteiger partial charge in [0.15, 0.2) is 0 Å². The summed E-state index contributed by atoms with van der Waals surface area (Å²) in [6.07, 6.45) is 0.779. The summed E-state index contributed by atoms with van der Waals surface area (Å²) in [6, 6.07) is 16.0. The van der Waals surface area contributed by atoms with E-state index in [-0.39, 0.29) is 73.7 Å². The van der Waals surface area contributed by atoms with E-state index < -0.39 is 36.2 Å². The van der Waals surface area contributed by atoms with Crippen molar-refractivity contribution in [2.45, 2.75) is 39.4 Å². The number of hydrogen-bond donors (Lipinski definition) is 2. The predicted octanol–water partition coefficient (Wildman–Crippen LogP) is 8.20. The zero-order chi connectivity index (χ0) is 39.4. The van der Waals surface area contributed by atoms with Crippen molar-refractivity contribution in [1.29, 1.82) is 0 Å². The monoisotopic (exact) mass is 770 g/mol. The molecule has 0 fully saturated rings. The lowest BCUT2D eigenvalue weighted by Gasteiger charge is -2.37. The van der Waals surface area contributed by atoms with E-state index >= 15 is 0 Å². The topological polar surface area (TPSA) is 109 Å². The molecule has 4 aromatic carbocycles. The zero-order valence-electron chi connectivity index (χ0n) is 29.6. The fourth-order valence-electron chi connectivity index (χ4n) is 6.86. The SMILES string of the molecule is CCC(CCN1CNc2cc(-c3cc(F)cc(OC(F)F)c3)ccc2C1=O)(CCN1CNc2cc(-c3cc(F)cc(OC(F)F)c3)ccc2C1=O)C(=O)OC. The van der Waals surface area contributed by atoms with Crippen LogP contribution >= 0.6 is 0 Å². The Kier molecular flexibility index (Phi) is 11.4. The minimum absolute atomic E-state index is 0.0859. The number of methoxy groups -OCH3 is 1. The third-order valence-electron chi connectivity index (χ3n) is 9.87. The number of carbonyl (C=O) groups excluding carboxylic acids is 3. The van der Waals surface area contributed by atoms with Crippen LogP contribution in [0.15, 0.2) is 72.8 Å². The first-order chi connectivity index (χ1) is 26.3. The molecule has 6 rings (SSSR count). The normalized spacial score (nSPS) is 14.0. The maximum absolute atomic E-state index is 14.2. The van der Waals surface area contributed by atoms with Crippen LogP contribution in [0.1, 0.15) is 46.9 Å². The maximum Gasteiger partial charge on any atom is 0.387 e. The van der Waals surface area contributed by atoms with Gasteiger partial charge in [0.1, 0.15) is 23.1 Å². The standard InChI is InChI=1S/C39H36F6N4O6/c1-3-39(36(52)53-2,8-10-48-20-46-32-16-22(4-6-30(32)34(48)50)24-12-26(40)18-28(14-24)54-37(42)43)9-11-49-21-47-33-17-23(5-7-31(33)35(49)51)25-13-27(41)19-29(15-25)55-38(44)45/h4-7,12-19,37-38,46-47H,3,8-11,20-21H2,1-2H3. The number of carbonyl (C=O) groups is 3. The maximum atomic E-state index is 14.2. The second-order valence-electron chi connectivity index (χ2n) is 13.1. The summed E-state index contributed by atoms with van der Waals surface area (Å²) in [7, 11) is 1.28. The van der Waals surface area contributed by atoms with E-state index in [9.17, 15) is 40.7 Å². The van der Waals surface area contributed by atoms with Crippen molar-refractivity contribution in [1.82, 2.24) is 9.80 Å². The summed E-state index contributed by atoms with van der Waals surface area (Å²) < 4.78 is 93.2. The molecule has 290 valence electrons. The van der Waals surface area contributed by atoms with E-state index in [1.54, 1.807) is 36.4 Å². The highest BCUT2D eigenvalue weighted by molar-refractivity contribution is 6.03. The molecule has 2 N–H and O–H groups in total. The fourth-order valence-corrected chi connectivity index (χ4v) is 6.86. The lowest BCUT2D eigenvalue weighted by atomic mass is 9.78. The van der Waals surface area contributed by atoms with Gasteiger partial charge < -0.3 is 34.6 Å². The van der Waals surface area contributed by atoms with E-state index in [0.29, 0.717) is 40.0 Å². The van der Waals surface area contributed by atoms with Crippen molar-refractivity contribution in [2.24, 2.45) is 5.41 Å². The number of benzene rings is 4. The first-order valence-corrected chi connectivity index (χ1v) is 17.2. The highest BCUT2D eigenvalue weighted by Gasteiger charge is 2.40. The van der Waals surface area contributed by atoms with Crippen molar-refractivity contribution in [2.75, 3.05) is 44.2 Å². The van der Waals surface area contributed by atoms with E-state index in [0.717, 1.165) is 12.1 Å². The molecule has 0 spiro atoms. The fraction of sp³-hybridized carbons (Fsp3) is 0.308. The molecule has 2 heterocycles. The Morgan fingerprint density at radius 3 is 1.51 bits per heavy atom. The summed E-state index contributed by atoms with van der Waals surface area (Å²) in [5.41, 5.74) is 1.98. The number of halogens is 6. The van der Waals surface area contributed by atoms with Crippen LogP contribution in [0.4, 0.5) is 37.7 Å². The summed E-state index contributed by atoms with van der Waals surface area (Å²) in [4.78, 5) is 43.6. The number of nitrogens with one attached hydrogen (secondary N) is 2. The van der Waals surface area contributed by atoms with Gasteiger partial charge >= 0.3 is 19.2 Å². The summed E-state index contributed by atoms with van der Waals surface area (Å²) >= 11 is 0. The van der Waals surface area contributed by atoms with Gasteiger partial charge in [-0.05, 0) is 90.0 Å². The van der Waals surface area contributed by atoms with Crippen LogP contribution in [0, 0.1) is 17.0 Å². The minimum atomic E-state index is -3.13. The van der Waals surface area contributed by atoms with Crippen molar-refractivity contribution >= 4 is 29.2 Å². The lowest BCUT2D eigenvalue weighted by molar-refractivity contribution is -0.154. The summed E-state index contributed by atoms with van der Waals surface area (Å²) in [6.45, 7) is -3.93. The quantitative estimate of drug-likeness (QED) is 0.0977. The Morgan fingerprint density at radius 2 is 1.13 bits per heavy atom. The number of amides is 2. The number of ether oxygens (including phenoxy) is 3. The molecular weight excluding hydrogens is 734 g/mol. The molecule has 2 aliphatic heterocycles. The average Bonchev–Trinajstić information content (AvgIpc) is 3.15. The second-order valence-corrected chi connectivity index (χ2v) is 13.1. The van der Waals surface area contributed by atoms with Crippen LogP contribution in [0.25, 0.3) is 22.3 Å². The molecule has 4 aromatic rings. The third kappa shape index (κ3) is 8.58. The number of nitrogens with zero attached hydrogens (tertiary/aromatic N) is 2. The van der Waals surface area contributed by atoms with Gasteiger partial charge in [-0.15, -0.1) is 0 Å². The number of rotatable bonds is 14. The number of esters is 1. The molecule has 10 nitrogen and oxygen atoms in total. The molecule has 2 amide bonds. The molecule has 0 atom stereocenters. The molecule has 16 heteroatoms. The van der Waals surface area contributed by atoms with E-state index in [1.807, 2.05) is 6.92 Å². The van der Waals surface area contributed by atoms with Crippen LogP contribution in [-0.2, 0) is 9.53 Å². The zero-order valence-corrected chi connectivity index (χ0v) is 29.6. The van der Waals surface area contributed by atoms with E-state index in [1.165, 1.54) is 41.2 Å². The summed E-state index contributed by atoms with van der Waals surface area (Å²) in [5, 5.41) is 6.33. The Balaban J connectivity index is 1.12. The first kappa shape index (κ1) is 38.8. The third-order valence-corrected chi connectivity index (χ3v) is 9.87. The predicted molar refractivity (Wildman–Crippen MR) is 190 cm³/mol. The molecule has 0 radical (unpaired) electrons. The van der Waals surface area contributed by atoms with Gasteiger partial charge in [0.25, 0.3) is 11.8 Å². The van der Waals surface area contributed by atoms with E-state index in [4.69, 9.17) is 4.74 Å². The Morgan fingerprint density at radius 1 is 0.691 bits per heavy atom. The molecule has 0 bridgehead atoms. The van der Waals surface area contributed by atoms with Gasteiger partial charge in [0, 0.05) is 36.6 Å². The van der Waals surface area contributed by atoms with Crippen molar-refractivity contribution in [3.05, 3.63) is 95.6 Å². The largest absolute Gasteiger partial charge is 0.469 e. The minimum Gasteiger partial charge on any atom is -0.469 e. The van der Waals surface area contributed by atoms with Crippen LogP contribution in [0.5, 0.6) is 11.5 Å². The molecule has 0 aromatic heterocycles. The van der Waals surface area contributed by atoms with Gasteiger partial charge in [0.05, 0.1) is 37.0 Å². The van der Waals surface area contributed by atoms with Gasteiger partial charge in [-0.3, -0.25) is 14.4 Å². The van der Waals surface area contributed by atoms with Gasteiger partial charge in [-0.1, -0.05) is 19.1 Å².